The Balaban J connectivity index is 2.05. The summed E-state index contributed by atoms with van der Waals surface area (Å²) >= 11 is 0.908. The lowest BCUT2D eigenvalue weighted by molar-refractivity contribution is -0.380. The molecule has 2 rings (SSSR count). The van der Waals surface area contributed by atoms with E-state index >= 15 is 0 Å². The summed E-state index contributed by atoms with van der Waals surface area (Å²) in [4.78, 5) is 24.7. The van der Waals surface area contributed by atoms with Gasteiger partial charge in [0.25, 0.3) is 0 Å². The van der Waals surface area contributed by atoms with E-state index in [1.54, 1.807) is 0 Å². The van der Waals surface area contributed by atoms with E-state index in [4.69, 9.17) is 0 Å². The molecule has 1 aliphatic rings. The fourth-order valence-corrected chi connectivity index (χ4v) is 1.71. The van der Waals surface area contributed by atoms with Gasteiger partial charge in [0.1, 0.15) is 11.2 Å². The Morgan fingerprint density at radius 2 is 2.56 bits per heavy atom. The van der Waals surface area contributed by atoms with Gasteiger partial charge in [-0.1, -0.05) is 0 Å². The Kier molecular flexibility index (Phi) is 2.77. The topological polar surface area (TPSA) is 101 Å². The van der Waals surface area contributed by atoms with Gasteiger partial charge in [-0.05, 0) is 11.3 Å². The van der Waals surface area contributed by atoms with Crippen LogP contribution in [0.1, 0.15) is 5.01 Å². The second-order valence-electron chi connectivity index (χ2n) is 2.89. The average molecular weight is 241 g/mol. The van der Waals surface area contributed by atoms with Crippen molar-refractivity contribution in [2.75, 3.05) is 13.1 Å². The SMILES string of the molecule is O=C1NCCN1/N=C/c1ncc([N+](=O)[O-])s1. The number of thiazole rings is 1. The van der Waals surface area contributed by atoms with Crippen molar-refractivity contribution in [2.24, 2.45) is 5.10 Å². The molecule has 2 amide bonds. The molecule has 0 aromatic carbocycles. The predicted octanol–water partition coefficient (Wildman–Crippen LogP) is 0.410. The molecule has 9 heteroatoms. The third kappa shape index (κ3) is 2.14. The number of hydrogen-bond donors (Lipinski definition) is 1. The largest absolute Gasteiger partial charge is 0.344 e. The van der Waals surface area contributed by atoms with Gasteiger partial charge >= 0.3 is 11.0 Å². The highest BCUT2D eigenvalue weighted by atomic mass is 32.1. The number of hydrazone groups is 1. The highest BCUT2D eigenvalue weighted by molar-refractivity contribution is 7.16. The molecule has 1 fully saturated rings. The molecule has 0 aliphatic carbocycles. The lowest BCUT2D eigenvalue weighted by atomic mass is 10.7. The molecule has 0 bridgehead atoms. The van der Waals surface area contributed by atoms with Gasteiger partial charge in [0.2, 0.25) is 0 Å². The minimum absolute atomic E-state index is 0.0488. The first kappa shape index (κ1) is 10.5. The molecular weight excluding hydrogens is 234 g/mol. The zero-order chi connectivity index (χ0) is 11.5. The lowest BCUT2D eigenvalue weighted by Gasteiger charge is -2.03. The van der Waals surface area contributed by atoms with E-state index in [1.165, 1.54) is 11.2 Å². The summed E-state index contributed by atoms with van der Waals surface area (Å²) in [6.45, 7) is 1.04. The van der Waals surface area contributed by atoms with Crippen molar-refractivity contribution in [1.82, 2.24) is 15.3 Å². The van der Waals surface area contributed by atoms with E-state index in [1.807, 2.05) is 0 Å². The van der Waals surface area contributed by atoms with E-state index in [2.05, 4.69) is 15.4 Å². The van der Waals surface area contributed by atoms with E-state index in [9.17, 15) is 14.9 Å². The van der Waals surface area contributed by atoms with Crippen molar-refractivity contribution in [3.63, 3.8) is 0 Å². The van der Waals surface area contributed by atoms with Gasteiger partial charge in [0.05, 0.1) is 17.7 Å². The number of nitro groups is 1. The monoisotopic (exact) mass is 241 g/mol. The molecule has 1 saturated heterocycles. The number of nitrogens with zero attached hydrogens (tertiary/aromatic N) is 4. The number of rotatable bonds is 3. The van der Waals surface area contributed by atoms with Gasteiger partial charge in [-0.2, -0.15) is 5.10 Å². The number of carbonyl (C=O) groups is 1. The molecule has 84 valence electrons. The van der Waals surface area contributed by atoms with E-state index in [-0.39, 0.29) is 11.0 Å². The second-order valence-corrected chi connectivity index (χ2v) is 3.93. The molecule has 0 saturated carbocycles. The summed E-state index contributed by atoms with van der Waals surface area (Å²) in [6.07, 6.45) is 2.50. The maximum atomic E-state index is 11.1. The number of amides is 2. The number of aromatic nitrogens is 1. The molecule has 8 nitrogen and oxygen atoms in total. The molecule has 1 N–H and O–H groups in total. The summed E-state index contributed by atoms with van der Waals surface area (Å²) in [5.41, 5.74) is 0. The summed E-state index contributed by atoms with van der Waals surface area (Å²) in [5.74, 6) is 0. The lowest BCUT2D eigenvalue weighted by Crippen LogP contribution is -2.23. The summed E-state index contributed by atoms with van der Waals surface area (Å²) in [7, 11) is 0. The van der Waals surface area contributed by atoms with Crippen molar-refractivity contribution >= 4 is 28.6 Å². The normalized spacial score (nSPS) is 15.8. The van der Waals surface area contributed by atoms with Gasteiger partial charge in [0, 0.05) is 6.54 Å². The van der Waals surface area contributed by atoms with Crippen LogP contribution in [0.15, 0.2) is 11.3 Å². The van der Waals surface area contributed by atoms with E-state index in [0.717, 1.165) is 17.5 Å². The maximum absolute atomic E-state index is 11.1. The fourth-order valence-electron chi connectivity index (χ4n) is 1.11. The van der Waals surface area contributed by atoms with Crippen molar-refractivity contribution in [3.8, 4) is 0 Å². The van der Waals surface area contributed by atoms with Crippen molar-refractivity contribution < 1.29 is 9.72 Å². The molecule has 1 aliphatic heterocycles. The van der Waals surface area contributed by atoms with Crippen LogP contribution in [0.4, 0.5) is 9.80 Å². The van der Waals surface area contributed by atoms with Crippen molar-refractivity contribution in [3.05, 3.63) is 21.3 Å². The van der Waals surface area contributed by atoms with Crippen LogP contribution in [0.25, 0.3) is 0 Å². The van der Waals surface area contributed by atoms with E-state index in [0.29, 0.717) is 18.1 Å². The van der Waals surface area contributed by atoms with Crippen LogP contribution in [0, 0.1) is 10.1 Å². The number of hydrogen-bond acceptors (Lipinski definition) is 6. The summed E-state index contributed by atoms with van der Waals surface area (Å²) in [6, 6.07) is -0.276. The first-order valence-electron chi connectivity index (χ1n) is 4.36. The molecular formula is C7H7N5O3S. The van der Waals surface area contributed by atoms with Gasteiger partial charge in [-0.15, -0.1) is 0 Å². The Labute approximate surface area is 93.7 Å². The molecule has 1 aromatic rings. The Morgan fingerprint density at radius 3 is 3.12 bits per heavy atom. The molecule has 16 heavy (non-hydrogen) atoms. The molecule has 1 aromatic heterocycles. The molecule has 0 radical (unpaired) electrons. The van der Waals surface area contributed by atoms with Crippen LogP contribution in [-0.4, -0.2) is 40.3 Å². The van der Waals surface area contributed by atoms with Gasteiger partial charge < -0.3 is 5.32 Å². The van der Waals surface area contributed by atoms with Crippen molar-refractivity contribution in [2.45, 2.75) is 0 Å². The predicted molar refractivity (Wildman–Crippen MR) is 56.5 cm³/mol. The van der Waals surface area contributed by atoms with Gasteiger partial charge in [0.15, 0.2) is 0 Å². The third-order valence-electron chi connectivity index (χ3n) is 1.83. The zero-order valence-corrected chi connectivity index (χ0v) is 8.81. The Bertz CT molecular complexity index is 457. The minimum Gasteiger partial charge on any atom is -0.335 e. The third-order valence-corrected chi connectivity index (χ3v) is 2.72. The first-order chi connectivity index (χ1) is 7.66. The highest BCUT2D eigenvalue weighted by Crippen LogP contribution is 2.19. The minimum atomic E-state index is -0.516. The highest BCUT2D eigenvalue weighted by Gasteiger charge is 2.18. The van der Waals surface area contributed by atoms with Crippen LogP contribution in [0.3, 0.4) is 0 Å². The quantitative estimate of drug-likeness (QED) is 0.470. The number of urea groups is 1. The fraction of sp³-hybridized carbons (Fsp3) is 0.286. The molecule has 0 atom stereocenters. The zero-order valence-electron chi connectivity index (χ0n) is 7.99. The second kappa shape index (κ2) is 4.23. The molecule has 2 heterocycles. The Morgan fingerprint density at radius 1 is 1.75 bits per heavy atom. The Hall–Kier alpha value is -2.03. The standard InChI is InChI=1S/C7H7N5O3S/c13-7-8-1-2-11(7)10-3-5-9-4-6(16-5)12(14)15/h3-4H,1-2H2,(H,8,13)/b10-3+. The summed E-state index contributed by atoms with van der Waals surface area (Å²) in [5, 5.41) is 18.4. The van der Waals surface area contributed by atoms with Crippen LogP contribution in [0.2, 0.25) is 0 Å². The van der Waals surface area contributed by atoms with Crippen LogP contribution < -0.4 is 5.32 Å². The number of nitrogens with one attached hydrogen (secondary N) is 1. The maximum Gasteiger partial charge on any atom is 0.344 e. The van der Waals surface area contributed by atoms with Crippen LogP contribution >= 0.6 is 11.3 Å². The van der Waals surface area contributed by atoms with Crippen LogP contribution in [-0.2, 0) is 0 Å². The smallest absolute Gasteiger partial charge is 0.335 e. The average Bonchev–Trinajstić information content (AvgIpc) is 2.83. The first-order valence-corrected chi connectivity index (χ1v) is 5.18. The number of carbonyl (C=O) groups excluding carboxylic acids is 1. The summed E-state index contributed by atoms with van der Waals surface area (Å²) < 4.78 is 0. The van der Waals surface area contributed by atoms with Gasteiger partial charge in [-0.25, -0.2) is 14.8 Å². The molecule has 0 unspecified atom stereocenters. The van der Waals surface area contributed by atoms with Crippen molar-refractivity contribution in [1.29, 1.82) is 0 Å². The van der Waals surface area contributed by atoms with Crippen LogP contribution in [0.5, 0.6) is 0 Å². The molecule has 0 spiro atoms. The van der Waals surface area contributed by atoms with Gasteiger partial charge in [-0.3, -0.25) is 10.1 Å². The van der Waals surface area contributed by atoms with E-state index < -0.39 is 4.92 Å².